The first-order valence-electron chi connectivity index (χ1n) is 6.18. The molecule has 0 aromatic carbocycles. The highest BCUT2D eigenvalue weighted by Crippen LogP contribution is 2.09. The molecule has 0 aliphatic carbocycles. The van der Waals surface area contributed by atoms with Crippen molar-refractivity contribution in [1.82, 2.24) is 15.1 Å². The molecule has 1 rings (SSSR count). The minimum atomic E-state index is -0.858. The number of ether oxygens (including phenoxy) is 1. The number of rotatable bonds is 7. The molecule has 19 heavy (non-hydrogen) atoms. The molecule has 0 saturated carbocycles. The van der Waals surface area contributed by atoms with E-state index in [0.717, 1.165) is 5.69 Å². The molecule has 1 aromatic heterocycles. The van der Waals surface area contributed by atoms with E-state index in [-0.39, 0.29) is 11.2 Å². The minimum absolute atomic E-state index is 0.0688. The van der Waals surface area contributed by atoms with Crippen LogP contribution in [-0.4, -0.2) is 44.6 Å². The summed E-state index contributed by atoms with van der Waals surface area (Å²) in [5.74, 6) is -0.362. The lowest BCUT2D eigenvalue weighted by Crippen LogP contribution is -2.28. The van der Waals surface area contributed by atoms with Crippen molar-refractivity contribution >= 4 is 16.8 Å². The van der Waals surface area contributed by atoms with Crippen LogP contribution >= 0.6 is 0 Å². The lowest BCUT2D eigenvalue weighted by molar-refractivity contribution is 0.0524. The van der Waals surface area contributed by atoms with Crippen molar-refractivity contribution in [2.45, 2.75) is 25.6 Å². The molecule has 0 fully saturated rings. The van der Waals surface area contributed by atoms with Crippen LogP contribution in [0.5, 0.6) is 0 Å². The van der Waals surface area contributed by atoms with Gasteiger partial charge in [0.1, 0.15) is 5.56 Å². The van der Waals surface area contributed by atoms with E-state index in [1.54, 1.807) is 24.9 Å². The summed E-state index contributed by atoms with van der Waals surface area (Å²) in [5.41, 5.74) is 1.25. The van der Waals surface area contributed by atoms with Gasteiger partial charge in [-0.05, 0) is 13.8 Å². The first-order valence-corrected chi connectivity index (χ1v) is 7.80. The number of hydrogen-bond donors (Lipinski definition) is 1. The molecule has 1 aromatic rings. The number of nitrogens with one attached hydrogen (secondary N) is 1. The van der Waals surface area contributed by atoms with E-state index in [1.165, 1.54) is 6.20 Å². The lowest BCUT2D eigenvalue weighted by atomic mass is 10.2. The standard InChI is InChI=1S/C12H21N3O3S/c1-5-18-12(16)10-7-14-15(3)11(10)8-13-6-9(2)19(4)17/h7,9,13H,5-6,8H2,1-4H3. The summed E-state index contributed by atoms with van der Waals surface area (Å²) in [5, 5.41) is 7.32. The van der Waals surface area contributed by atoms with E-state index in [9.17, 15) is 9.00 Å². The van der Waals surface area contributed by atoms with Gasteiger partial charge in [0.15, 0.2) is 0 Å². The Kier molecular flexibility index (Phi) is 6.17. The van der Waals surface area contributed by atoms with Gasteiger partial charge in [0.05, 0.1) is 18.5 Å². The van der Waals surface area contributed by atoms with E-state index in [2.05, 4.69) is 10.4 Å². The number of aromatic nitrogens is 2. The van der Waals surface area contributed by atoms with E-state index in [1.807, 2.05) is 6.92 Å². The molecule has 0 radical (unpaired) electrons. The SMILES string of the molecule is CCOC(=O)c1cnn(C)c1CNCC(C)S(C)=O. The Bertz CT molecular complexity index is 459. The first-order chi connectivity index (χ1) is 8.97. The van der Waals surface area contributed by atoms with Gasteiger partial charge < -0.3 is 10.1 Å². The Morgan fingerprint density at radius 3 is 2.89 bits per heavy atom. The van der Waals surface area contributed by atoms with Crippen LogP contribution in [0.1, 0.15) is 29.9 Å². The molecule has 2 atom stereocenters. The molecule has 7 heteroatoms. The van der Waals surface area contributed by atoms with Crippen molar-refractivity contribution in [2.75, 3.05) is 19.4 Å². The molecule has 0 bridgehead atoms. The number of hydrogen-bond acceptors (Lipinski definition) is 5. The highest BCUT2D eigenvalue weighted by Gasteiger charge is 2.17. The summed E-state index contributed by atoms with van der Waals surface area (Å²) >= 11 is 0. The Labute approximate surface area is 116 Å². The van der Waals surface area contributed by atoms with E-state index in [0.29, 0.717) is 25.3 Å². The van der Waals surface area contributed by atoms with Gasteiger partial charge in [0, 0.05) is 42.4 Å². The van der Waals surface area contributed by atoms with Crippen LogP contribution in [-0.2, 0) is 29.1 Å². The quantitative estimate of drug-likeness (QED) is 0.737. The third-order valence-corrected chi connectivity index (χ3v) is 4.15. The fourth-order valence-corrected chi connectivity index (χ4v) is 1.92. The van der Waals surface area contributed by atoms with Crippen LogP contribution in [0.25, 0.3) is 0 Å². The van der Waals surface area contributed by atoms with Crippen LogP contribution in [0, 0.1) is 0 Å². The third-order valence-electron chi connectivity index (χ3n) is 2.85. The molecule has 0 aliphatic heterocycles. The topological polar surface area (TPSA) is 73.2 Å². The van der Waals surface area contributed by atoms with Gasteiger partial charge in [0.25, 0.3) is 0 Å². The summed E-state index contributed by atoms with van der Waals surface area (Å²) in [6, 6.07) is 0. The van der Waals surface area contributed by atoms with E-state index in [4.69, 9.17) is 4.74 Å². The second kappa shape index (κ2) is 7.40. The molecule has 0 saturated heterocycles. The van der Waals surface area contributed by atoms with Gasteiger partial charge in [-0.1, -0.05) is 0 Å². The fourth-order valence-electron chi connectivity index (χ4n) is 1.56. The van der Waals surface area contributed by atoms with Gasteiger partial charge in [-0.2, -0.15) is 5.10 Å². The maximum Gasteiger partial charge on any atom is 0.341 e. The van der Waals surface area contributed by atoms with Gasteiger partial charge in [-0.25, -0.2) is 4.79 Å². The summed E-state index contributed by atoms with van der Waals surface area (Å²) < 4.78 is 17.9. The summed E-state index contributed by atoms with van der Waals surface area (Å²) in [6.07, 6.45) is 3.19. The van der Waals surface area contributed by atoms with Crippen LogP contribution < -0.4 is 5.32 Å². The van der Waals surface area contributed by atoms with Crippen LogP contribution in [0.15, 0.2) is 6.20 Å². The Morgan fingerprint density at radius 1 is 1.63 bits per heavy atom. The number of esters is 1. The second-order valence-corrected chi connectivity index (χ2v) is 6.09. The normalized spacial score (nSPS) is 14.1. The number of nitrogens with zero attached hydrogens (tertiary/aromatic N) is 2. The maximum absolute atomic E-state index is 11.7. The van der Waals surface area contributed by atoms with Gasteiger partial charge in [-0.15, -0.1) is 0 Å². The molecule has 1 heterocycles. The zero-order valence-corrected chi connectivity index (χ0v) is 12.6. The third kappa shape index (κ3) is 4.43. The van der Waals surface area contributed by atoms with E-state index < -0.39 is 10.8 Å². The average molecular weight is 287 g/mol. The molecule has 0 spiro atoms. The van der Waals surface area contributed by atoms with Crippen molar-refractivity contribution in [2.24, 2.45) is 7.05 Å². The highest BCUT2D eigenvalue weighted by molar-refractivity contribution is 7.84. The van der Waals surface area contributed by atoms with Crippen molar-refractivity contribution in [3.63, 3.8) is 0 Å². The molecule has 0 amide bonds. The zero-order chi connectivity index (χ0) is 14.4. The van der Waals surface area contributed by atoms with Gasteiger partial charge in [-0.3, -0.25) is 8.89 Å². The number of aryl methyl sites for hydroxylation is 1. The first kappa shape index (κ1) is 15.8. The van der Waals surface area contributed by atoms with Crippen molar-refractivity contribution in [3.05, 3.63) is 17.5 Å². The summed E-state index contributed by atoms with van der Waals surface area (Å²) in [7, 11) is 0.921. The van der Waals surface area contributed by atoms with Crippen LogP contribution in [0.3, 0.4) is 0 Å². The Balaban J connectivity index is 2.65. The largest absolute Gasteiger partial charge is 0.462 e. The van der Waals surface area contributed by atoms with Gasteiger partial charge >= 0.3 is 5.97 Å². The molecule has 0 aliphatic rings. The van der Waals surface area contributed by atoms with Crippen LogP contribution in [0.4, 0.5) is 0 Å². The zero-order valence-electron chi connectivity index (χ0n) is 11.8. The molecule has 6 nitrogen and oxygen atoms in total. The molecular weight excluding hydrogens is 266 g/mol. The predicted octanol–water partition coefficient (Wildman–Crippen LogP) is 0.453. The van der Waals surface area contributed by atoms with Crippen LogP contribution in [0.2, 0.25) is 0 Å². The van der Waals surface area contributed by atoms with Crippen molar-refractivity contribution in [3.8, 4) is 0 Å². The molecule has 1 N–H and O–H groups in total. The maximum atomic E-state index is 11.7. The number of carbonyl (C=O) groups excluding carboxylic acids is 1. The van der Waals surface area contributed by atoms with E-state index >= 15 is 0 Å². The average Bonchev–Trinajstić information content (AvgIpc) is 2.71. The second-order valence-electron chi connectivity index (χ2n) is 4.29. The summed E-state index contributed by atoms with van der Waals surface area (Å²) in [6.45, 7) is 5.14. The summed E-state index contributed by atoms with van der Waals surface area (Å²) in [4.78, 5) is 11.7. The fraction of sp³-hybridized carbons (Fsp3) is 0.667. The van der Waals surface area contributed by atoms with Gasteiger partial charge in [0.2, 0.25) is 0 Å². The molecular formula is C12H21N3O3S. The van der Waals surface area contributed by atoms with Crippen molar-refractivity contribution < 1.29 is 13.7 Å². The highest BCUT2D eigenvalue weighted by atomic mass is 32.2. The predicted molar refractivity (Wildman–Crippen MR) is 74.4 cm³/mol. The Hall–Kier alpha value is -1.21. The molecule has 108 valence electrons. The smallest absolute Gasteiger partial charge is 0.341 e. The minimum Gasteiger partial charge on any atom is -0.462 e. The van der Waals surface area contributed by atoms with Crippen molar-refractivity contribution in [1.29, 1.82) is 0 Å². The Morgan fingerprint density at radius 2 is 2.32 bits per heavy atom. The monoisotopic (exact) mass is 287 g/mol. The molecule has 2 unspecified atom stereocenters. The lowest BCUT2D eigenvalue weighted by Gasteiger charge is -2.11. The number of carbonyl (C=O) groups is 1.